The molecule has 1 aromatic heterocycles. The number of benzene rings is 3. The lowest BCUT2D eigenvalue weighted by Gasteiger charge is -2.31. The standard InChI is InChI=1S/C33H34ClFN4O6/c1-18-20(7-6-10-26(18)38-31(40)24-16-37-33(42)39(2)32(24)41)22-9-5-8-21(30(22)34)19-13-25(35)23(28(14-19)43-3)15-36-27-11-12-45-17-29(27)44-4/h5-10,13-14,16,27,29,36H,11-12,15,17H2,1-4H3,(H,37,42)(H,38,40)/t27-,29+/m0/s1. The molecule has 0 saturated carbocycles. The number of nitrogens with zero attached hydrogens (tertiary/aromatic N) is 1. The number of carbonyl (C=O) groups is 1. The second kappa shape index (κ2) is 13.8. The molecule has 236 valence electrons. The Labute approximate surface area is 264 Å². The highest BCUT2D eigenvalue weighted by atomic mass is 35.5. The van der Waals surface area contributed by atoms with E-state index in [4.69, 9.17) is 25.8 Å². The van der Waals surface area contributed by atoms with E-state index in [1.165, 1.54) is 20.2 Å². The Balaban J connectivity index is 1.44. The first-order chi connectivity index (χ1) is 21.6. The fourth-order valence-electron chi connectivity index (χ4n) is 5.47. The molecule has 12 heteroatoms. The van der Waals surface area contributed by atoms with Crippen molar-refractivity contribution in [2.24, 2.45) is 7.05 Å². The summed E-state index contributed by atoms with van der Waals surface area (Å²) in [5.41, 5.74) is 2.53. The summed E-state index contributed by atoms with van der Waals surface area (Å²) >= 11 is 6.97. The Bertz CT molecular complexity index is 1860. The Morgan fingerprint density at radius 2 is 1.87 bits per heavy atom. The van der Waals surface area contributed by atoms with Crippen LogP contribution in [0.2, 0.25) is 5.02 Å². The Kier molecular flexibility index (Phi) is 9.83. The van der Waals surface area contributed by atoms with Crippen LogP contribution in [0.5, 0.6) is 5.75 Å². The van der Waals surface area contributed by atoms with Crippen molar-refractivity contribution < 1.29 is 23.4 Å². The summed E-state index contributed by atoms with van der Waals surface area (Å²) in [6.07, 6.45) is 1.72. The molecule has 1 fully saturated rings. The van der Waals surface area contributed by atoms with Gasteiger partial charge in [0.25, 0.3) is 11.5 Å². The van der Waals surface area contributed by atoms with Crippen molar-refractivity contribution in [3.05, 3.63) is 103 Å². The predicted octanol–water partition coefficient (Wildman–Crippen LogP) is 4.66. The molecule has 10 nitrogen and oxygen atoms in total. The van der Waals surface area contributed by atoms with Crippen molar-refractivity contribution in [3.63, 3.8) is 0 Å². The van der Waals surface area contributed by atoms with Crippen LogP contribution in [-0.4, -0.2) is 55.0 Å². The number of halogens is 2. The zero-order chi connectivity index (χ0) is 32.2. The Morgan fingerprint density at radius 1 is 1.13 bits per heavy atom. The fraction of sp³-hybridized carbons (Fsp3) is 0.303. The molecule has 2 heterocycles. The molecule has 1 amide bonds. The maximum absolute atomic E-state index is 15.6. The molecule has 5 rings (SSSR count). The number of hydrogen-bond donors (Lipinski definition) is 3. The zero-order valence-electron chi connectivity index (χ0n) is 25.3. The Hall–Kier alpha value is -4.29. The van der Waals surface area contributed by atoms with E-state index >= 15 is 4.39 Å². The van der Waals surface area contributed by atoms with Gasteiger partial charge < -0.3 is 29.8 Å². The SMILES string of the molecule is COc1cc(-c2cccc(-c3cccc(NC(=O)c4c[nH]c(=O)n(C)c4=O)c3C)c2Cl)cc(F)c1CN[C@H]1CCOC[C@H]1OC. The first-order valence-corrected chi connectivity index (χ1v) is 14.7. The number of aromatic amines is 1. The van der Waals surface area contributed by atoms with Gasteiger partial charge in [-0.1, -0.05) is 41.9 Å². The fourth-order valence-corrected chi connectivity index (χ4v) is 5.81. The maximum atomic E-state index is 15.6. The van der Waals surface area contributed by atoms with Crippen LogP contribution in [0.25, 0.3) is 22.3 Å². The van der Waals surface area contributed by atoms with Gasteiger partial charge in [0.05, 0.1) is 24.8 Å². The largest absolute Gasteiger partial charge is 0.496 e. The second-order valence-corrected chi connectivity index (χ2v) is 11.1. The van der Waals surface area contributed by atoms with E-state index in [0.717, 1.165) is 22.7 Å². The molecule has 0 bridgehead atoms. The first kappa shape index (κ1) is 32.1. The number of rotatable bonds is 9. The zero-order valence-corrected chi connectivity index (χ0v) is 26.1. The molecule has 0 aliphatic carbocycles. The van der Waals surface area contributed by atoms with Crippen molar-refractivity contribution in [2.45, 2.75) is 32.0 Å². The molecule has 4 aromatic rings. The van der Waals surface area contributed by atoms with Crippen molar-refractivity contribution in [2.75, 3.05) is 32.8 Å². The molecule has 1 aliphatic heterocycles. The van der Waals surface area contributed by atoms with Gasteiger partial charge in [0.15, 0.2) is 0 Å². The average molecular weight is 637 g/mol. The smallest absolute Gasteiger partial charge is 0.328 e. The van der Waals surface area contributed by atoms with Crippen LogP contribution >= 0.6 is 11.6 Å². The average Bonchev–Trinajstić information content (AvgIpc) is 3.04. The van der Waals surface area contributed by atoms with E-state index in [2.05, 4.69) is 15.6 Å². The van der Waals surface area contributed by atoms with Gasteiger partial charge in [-0.25, -0.2) is 9.18 Å². The first-order valence-electron chi connectivity index (χ1n) is 14.3. The van der Waals surface area contributed by atoms with Crippen molar-refractivity contribution in [1.82, 2.24) is 14.9 Å². The van der Waals surface area contributed by atoms with Crippen LogP contribution in [0.3, 0.4) is 0 Å². The molecule has 1 aliphatic rings. The summed E-state index contributed by atoms with van der Waals surface area (Å²) in [5, 5.41) is 6.53. The maximum Gasteiger partial charge on any atom is 0.328 e. The minimum atomic E-state index is -0.715. The van der Waals surface area contributed by atoms with Gasteiger partial charge in [-0.15, -0.1) is 0 Å². The number of aromatic nitrogens is 2. The summed E-state index contributed by atoms with van der Waals surface area (Å²) in [4.78, 5) is 39.5. The van der Waals surface area contributed by atoms with Crippen LogP contribution in [0.15, 0.2) is 64.3 Å². The highest BCUT2D eigenvalue weighted by molar-refractivity contribution is 6.36. The van der Waals surface area contributed by atoms with Gasteiger partial charge in [0.1, 0.15) is 17.1 Å². The molecule has 0 spiro atoms. The molecular weight excluding hydrogens is 603 g/mol. The van der Waals surface area contributed by atoms with E-state index in [1.54, 1.807) is 31.4 Å². The second-order valence-electron chi connectivity index (χ2n) is 10.7. The van der Waals surface area contributed by atoms with Gasteiger partial charge >= 0.3 is 5.69 Å². The topological polar surface area (TPSA) is 124 Å². The molecule has 3 aromatic carbocycles. The monoisotopic (exact) mass is 636 g/mol. The van der Waals surface area contributed by atoms with Crippen LogP contribution in [0, 0.1) is 12.7 Å². The highest BCUT2D eigenvalue weighted by Crippen LogP contribution is 2.41. The Morgan fingerprint density at radius 3 is 2.62 bits per heavy atom. The number of H-pyrrole nitrogens is 1. The van der Waals surface area contributed by atoms with Gasteiger partial charge in [-0.2, -0.15) is 0 Å². The number of ether oxygens (including phenoxy) is 3. The van der Waals surface area contributed by atoms with E-state index in [-0.39, 0.29) is 24.3 Å². The third-order valence-corrected chi connectivity index (χ3v) is 8.54. The van der Waals surface area contributed by atoms with Gasteiger partial charge in [0.2, 0.25) is 0 Å². The van der Waals surface area contributed by atoms with Crippen LogP contribution < -0.4 is 26.6 Å². The van der Waals surface area contributed by atoms with Crippen molar-refractivity contribution in [1.29, 1.82) is 0 Å². The van der Waals surface area contributed by atoms with Crippen LogP contribution in [0.4, 0.5) is 10.1 Å². The third kappa shape index (κ3) is 6.57. The number of anilines is 1. The quantitative estimate of drug-likeness (QED) is 0.244. The van der Waals surface area contributed by atoms with E-state index < -0.39 is 23.0 Å². The predicted molar refractivity (Wildman–Crippen MR) is 171 cm³/mol. The van der Waals surface area contributed by atoms with E-state index in [1.807, 2.05) is 25.1 Å². The number of hydrogen-bond acceptors (Lipinski definition) is 7. The van der Waals surface area contributed by atoms with Gasteiger partial charge in [0, 0.05) is 61.9 Å². The highest BCUT2D eigenvalue weighted by Gasteiger charge is 2.26. The van der Waals surface area contributed by atoms with Crippen molar-refractivity contribution >= 4 is 23.2 Å². The summed E-state index contributed by atoms with van der Waals surface area (Å²) < 4.78 is 33.1. The molecule has 0 unspecified atom stereocenters. The van der Waals surface area contributed by atoms with Crippen LogP contribution in [0.1, 0.15) is 27.9 Å². The molecule has 2 atom stereocenters. The minimum absolute atomic E-state index is 0.0181. The molecule has 1 saturated heterocycles. The summed E-state index contributed by atoms with van der Waals surface area (Å²) in [5.74, 6) is -0.721. The lowest BCUT2D eigenvalue weighted by molar-refractivity contribution is -0.0502. The van der Waals surface area contributed by atoms with Crippen LogP contribution in [-0.2, 0) is 23.1 Å². The van der Waals surface area contributed by atoms with E-state index in [0.29, 0.717) is 57.5 Å². The van der Waals surface area contributed by atoms with Gasteiger partial charge in [-0.3, -0.25) is 14.2 Å². The number of methoxy groups -OCH3 is 2. The number of carbonyl (C=O) groups excluding carboxylic acids is 1. The molecule has 45 heavy (non-hydrogen) atoms. The number of nitrogens with one attached hydrogen (secondary N) is 3. The normalized spacial score (nSPS) is 16.4. The summed E-state index contributed by atoms with van der Waals surface area (Å²) in [6.45, 7) is 3.15. The lowest BCUT2D eigenvalue weighted by Crippen LogP contribution is -2.47. The molecule has 0 radical (unpaired) electrons. The van der Waals surface area contributed by atoms with Crippen molar-refractivity contribution in [3.8, 4) is 28.0 Å². The number of amides is 1. The third-order valence-electron chi connectivity index (χ3n) is 8.13. The molecular formula is C33H34ClFN4O6. The lowest BCUT2D eigenvalue weighted by atomic mass is 9.94. The summed E-state index contributed by atoms with van der Waals surface area (Å²) in [6, 6.07) is 14.0. The summed E-state index contributed by atoms with van der Waals surface area (Å²) in [7, 11) is 4.42. The van der Waals surface area contributed by atoms with Gasteiger partial charge in [-0.05, 0) is 48.2 Å². The molecule has 3 N–H and O–H groups in total. The minimum Gasteiger partial charge on any atom is -0.496 e. The van der Waals surface area contributed by atoms with E-state index in [9.17, 15) is 14.4 Å².